The fourth-order valence-electron chi connectivity index (χ4n) is 1.29. The molecule has 142 valence electrons. The molecule has 1 aliphatic rings. The van der Waals surface area contributed by atoms with E-state index < -0.39 is 54.7 Å². The van der Waals surface area contributed by atoms with Crippen molar-refractivity contribution < 1.29 is 69.2 Å². The first-order valence-electron chi connectivity index (χ1n) is 4.71. The molecule has 0 aliphatic carbocycles. The highest BCUT2D eigenvalue weighted by Crippen LogP contribution is 2.61. The fraction of sp³-hybridized carbons (Fsp3) is 0.667. The van der Waals surface area contributed by atoms with Crippen molar-refractivity contribution in [2.75, 3.05) is 0 Å². The minimum Gasteiger partial charge on any atom is -0.411 e. The van der Waals surface area contributed by atoms with Crippen LogP contribution in [0.1, 0.15) is 0 Å². The zero-order chi connectivity index (χ0) is 19.6. The van der Waals surface area contributed by atoms with Crippen molar-refractivity contribution in [2.24, 2.45) is 0 Å². The van der Waals surface area contributed by atoms with E-state index in [2.05, 4.69) is 9.47 Å². The van der Waals surface area contributed by atoms with E-state index >= 15 is 0 Å². The van der Waals surface area contributed by atoms with Gasteiger partial charge in [0.1, 0.15) is 0 Å². The molecule has 2 unspecified atom stereocenters. The van der Waals surface area contributed by atoms with Crippen molar-refractivity contribution in [1.29, 1.82) is 0 Å². The lowest BCUT2D eigenvalue weighted by Gasteiger charge is -2.34. The second-order valence-electron chi connectivity index (χ2n) is 3.85. The molecule has 0 radical (unpaired) electrons. The molecule has 6 nitrogen and oxygen atoms in total. The SMILES string of the molecule is O=S(=O)(F)C(F)(F)C1(F)OC(=C(F)F)OC1(F)C(F)(F)S(=O)(=O)F. The molecular weight excluding hydrogens is 422 g/mol. The van der Waals surface area contributed by atoms with Gasteiger partial charge in [-0.15, -0.1) is 0 Å². The zero-order valence-corrected chi connectivity index (χ0v) is 11.7. The van der Waals surface area contributed by atoms with E-state index in [1.54, 1.807) is 0 Å². The van der Waals surface area contributed by atoms with Crippen LogP contribution < -0.4 is 0 Å². The summed E-state index contributed by atoms with van der Waals surface area (Å²) in [7, 11) is -15.5. The molecule has 2 atom stereocenters. The molecule has 0 aromatic heterocycles. The van der Waals surface area contributed by atoms with E-state index in [-0.39, 0.29) is 0 Å². The van der Waals surface area contributed by atoms with Gasteiger partial charge in [-0.05, 0) is 0 Å². The van der Waals surface area contributed by atoms with Crippen molar-refractivity contribution >= 4 is 20.4 Å². The van der Waals surface area contributed by atoms with Crippen molar-refractivity contribution in [3.05, 3.63) is 12.0 Å². The monoisotopic (exact) mass is 422 g/mol. The van der Waals surface area contributed by atoms with Crippen molar-refractivity contribution in [3.63, 3.8) is 0 Å². The quantitative estimate of drug-likeness (QED) is 0.510. The molecule has 0 spiro atoms. The van der Waals surface area contributed by atoms with E-state index in [1.807, 2.05) is 0 Å². The van der Waals surface area contributed by atoms with Crippen LogP contribution in [0, 0.1) is 0 Å². The Morgan fingerprint density at radius 2 is 1.04 bits per heavy atom. The number of hydrogen-bond donors (Lipinski definition) is 0. The van der Waals surface area contributed by atoms with E-state index in [1.165, 1.54) is 0 Å². The Labute approximate surface area is 125 Å². The van der Waals surface area contributed by atoms with Gasteiger partial charge in [0.2, 0.25) is 0 Å². The van der Waals surface area contributed by atoms with Gasteiger partial charge in [0.25, 0.3) is 0 Å². The summed E-state index contributed by atoms with van der Waals surface area (Å²) in [6.45, 7) is 0. The van der Waals surface area contributed by atoms with Crippen LogP contribution in [-0.4, -0.2) is 39.1 Å². The predicted octanol–water partition coefficient (Wildman–Crippen LogP) is 2.21. The molecule has 0 aromatic rings. The van der Waals surface area contributed by atoms with Crippen LogP contribution in [0.4, 0.5) is 42.9 Å². The molecule has 0 N–H and O–H groups in total. The third kappa shape index (κ3) is 2.37. The summed E-state index contributed by atoms with van der Waals surface area (Å²) in [5.74, 6) is -16.7. The molecular formula is C6F10O6S2. The Kier molecular flexibility index (Phi) is 4.31. The van der Waals surface area contributed by atoms with E-state index in [9.17, 15) is 59.7 Å². The van der Waals surface area contributed by atoms with E-state index in [0.717, 1.165) is 0 Å². The van der Waals surface area contributed by atoms with Gasteiger partial charge in [-0.3, -0.25) is 0 Å². The summed E-state index contributed by atoms with van der Waals surface area (Å²) in [5, 5.41) is -14.2. The summed E-state index contributed by atoms with van der Waals surface area (Å²) in [6, 6.07) is 0. The van der Waals surface area contributed by atoms with Gasteiger partial charge in [-0.25, -0.2) is 0 Å². The molecule has 1 rings (SSSR count). The Balaban J connectivity index is 3.90. The Morgan fingerprint density at radius 1 is 0.792 bits per heavy atom. The molecule has 1 heterocycles. The van der Waals surface area contributed by atoms with Crippen LogP contribution in [0.5, 0.6) is 0 Å². The molecule has 24 heavy (non-hydrogen) atoms. The van der Waals surface area contributed by atoms with Gasteiger partial charge in [0.15, 0.2) is 0 Å². The highest BCUT2D eigenvalue weighted by atomic mass is 32.3. The molecule has 1 aliphatic heterocycles. The molecule has 1 saturated heterocycles. The van der Waals surface area contributed by atoms with Crippen LogP contribution in [0.2, 0.25) is 0 Å². The lowest BCUT2D eigenvalue weighted by atomic mass is 10.1. The predicted molar refractivity (Wildman–Crippen MR) is 49.0 cm³/mol. The number of halogens is 10. The minimum atomic E-state index is -7.74. The second kappa shape index (κ2) is 5.02. The smallest absolute Gasteiger partial charge is 0.411 e. The van der Waals surface area contributed by atoms with Crippen molar-refractivity contribution in [1.82, 2.24) is 0 Å². The maximum Gasteiger partial charge on any atom is 0.450 e. The normalized spacial score (nSPS) is 29.2. The number of rotatable bonds is 4. The topological polar surface area (TPSA) is 86.7 Å². The molecule has 0 amide bonds. The van der Waals surface area contributed by atoms with Crippen molar-refractivity contribution in [2.45, 2.75) is 22.2 Å². The summed E-state index contributed by atoms with van der Waals surface area (Å²) < 4.78 is 175. The van der Waals surface area contributed by atoms with Gasteiger partial charge in [0.05, 0.1) is 0 Å². The van der Waals surface area contributed by atoms with Crippen LogP contribution in [0.15, 0.2) is 12.0 Å². The lowest BCUT2D eigenvalue weighted by molar-refractivity contribution is -0.330. The Bertz CT molecular complexity index is 725. The summed E-state index contributed by atoms with van der Waals surface area (Å²) in [5.41, 5.74) is 0. The number of ether oxygens (including phenoxy) is 2. The van der Waals surface area contributed by atoms with Gasteiger partial charge in [-0.2, -0.15) is 52.0 Å². The molecule has 0 saturated carbocycles. The van der Waals surface area contributed by atoms with E-state index in [4.69, 9.17) is 0 Å². The molecule has 1 fully saturated rings. The number of hydrogen-bond acceptors (Lipinski definition) is 6. The highest BCUT2D eigenvalue weighted by Gasteiger charge is 2.93. The highest BCUT2D eigenvalue weighted by molar-refractivity contribution is 7.88. The van der Waals surface area contributed by atoms with Gasteiger partial charge >= 0.3 is 54.7 Å². The van der Waals surface area contributed by atoms with Crippen LogP contribution in [-0.2, 0) is 29.9 Å². The maximum absolute atomic E-state index is 13.9. The van der Waals surface area contributed by atoms with Crippen LogP contribution in [0.25, 0.3) is 0 Å². The summed E-state index contributed by atoms with van der Waals surface area (Å²) >= 11 is 0. The van der Waals surface area contributed by atoms with Gasteiger partial charge < -0.3 is 9.47 Å². The largest absolute Gasteiger partial charge is 0.450 e. The third-order valence-electron chi connectivity index (χ3n) is 2.40. The Morgan fingerprint density at radius 3 is 1.21 bits per heavy atom. The molecule has 0 aromatic carbocycles. The fourth-order valence-corrected chi connectivity index (χ4v) is 2.26. The van der Waals surface area contributed by atoms with Crippen LogP contribution >= 0.6 is 0 Å². The van der Waals surface area contributed by atoms with Gasteiger partial charge in [0, 0.05) is 0 Å². The minimum absolute atomic E-state index is 2.58. The average molecular weight is 422 g/mol. The first-order chi connectivity index (χ1) is 10.3. The van der Waals surface area contributed by atoms with Crippen LogP contribution in [0.3, 0.4) is 0 Å². The second-order valence-corrected chi connectivity index (χ2v) is 6.63. The third-order valence-corrected chi connectivity index (χ3v) is 4.15. The summed E-state index contributed by atoms with van der Waals surface area (Å²) in [6.07, 6.45) is -3.68. The summed E-state index contributed by atoms with van der Waals surface area (Å²) in [4.78, 5) is 0. The molecule has 0 bridgehead atoms. The zero-order valence-electron chi connectivity index (χ0n) is 10.0. The lowest BCUT2D eigenvalue weighted by Crippen LogP contribution is -2.68. The molecule has 18 heteroatoms. The maximum atomic E-state index is 13.9. The standard InChI is InChI=1S/C6F10O6S2/c7-1(8)2-21-3(9,5(11,12)23(15,17)18)4(10,22-2)6(13,14)24(16,19)20. The van der Waals surface area contributed by atoms with Crippen molar-refractivity contribution in [3.8, 4) is 0 Å². The number of alkyl halides is 6. The van der Waals surface area contributed by atoms with E-state index in [0.29, 0.717) is 0 Å². The Hall–Kier alpha value is -1.46. The van der Waals surface area contributed by atoms with Gasteiger partial charge in [-0.1, -0.05) is 7.77 Å². The first-order valence-corrected chi connectivity index (χ1v) is 7.48. The average Bonchev–Trinajstić information content (AvgIpc) is 2.62. The first kappa shape index (κ1) is 20.6.